The van der Waals surface area contributed by atoms with Crippen LogP contribution in [0.1, 0.15) is 47.1 Å². The van der Waals surface area contributed by atoms with E-state index in [0.29, 0.717) is 10.6 Å². The van der Waals surface area contributed by atoms with E-state index in [1.54, 1.807) is 24.3 Å². The van der Waals surface area contributed by atoms with Gasteiger partial charge in [-0.25, -0.2) is 0 Å². The molecular formula is C17H25NO2S2. The van der Waals surface area contributed by atoms with Gasteiger partial charge in [0.25, 0.3) is 10.0 Å². The summed E-state index contributed by atoms with van der Waals surface area (Å²) in [7, 11) is -3.76. The molecule has 0 aliphatic heterocycles. The molecule has 1 aromatic rings. The highest BCUT2D eigenvalue weighted by Crippen LogP contribution is 2.28. The van der Waals surface area contributed by atoms with E-state index in [9.17, 15) is 8.42 Å². The summed E-state index contributed by atoms with van der Waals surface area (Å²) in [5, 5.41) is 0. The molecule has 0 fully saturated rings. The van der Waals surface area contributed by atoms with E-state index in [-0.39, 0.29) is 10.3 Å². The predicted octanol–water partition coefficient (Wildman–Crippen LogP) is 4.59. The summed E-state index contributed by atoms with van der Waals surface area (Å²) in [4.78, 5) is 0.771. The SMILES string of the molecule is Cc1ccc(S(=O)(=O)/N=C(/C(=S)C(C)(C)C)C(C)(C)C)cc1. The lowest BCUT2D eigenvalue weighted by molar-refractivity contribution is 0.569. The van der Waals surface area contributed by atoms with Gasteiger partial charge in [0, 0.05) is 10.3 Å². The van der Waals surface area contributed by atoms with Gasteiger partial charge < -0.3 is 0 Å². The monoisotopic (exact) mass is 339 g/mol. The minimum atomic E-state index is -3.76. The second-order valence-corrected chi connectivity index (χ2v) is 9.57. The van der Waals surface area contributed by atoms with Gasteiger partial charge in [-0.1, -0.05) is 71.5 Å². The van der Waals surface area contributed by atoms with Crippen LogP contribution >= 0.6 is 12.2 Å². The fraction of sp³-hybridized carbons (Fsp3) is 0.529. The van der Waals surface area contributed by atoms with Crippen molar-refractivity contribution >= 4 is 32.8 Å². The van der Waals surface area contributed by atoms with Gasteiger partial charge in [0.15, 0.2) is 0 Å². The average molecular weight is 340 g/mol. The number of rotatable bonds is 3. The van der Waals surface area contributed by atoms with Crippen molar-refractivity contribution in [3.63, 3.8) is 0 Å². The molecule has 0 spiro atoms. The highest BCUT2D eigenvalue weighted by Gasteiger charge is 2.32. The molecule has 0 saturated heterocycles. The summed E-state index contributed by atoms with van der Waals surface area (Å²) < 4.78 is 29.3. The van der Waals surface area contributed by atoms with Gasteiger partial charge in [-0.3, -0.25) is 0 Å². The maximum atomic E-state index is 12.6. The molecule has 0 unspecified atom stereocenters. The Balaban J connectivity index is 3.45. The maximum absolute atomic E-state index is 12.6. The zero-order chi connectivity index (χ0) is 17.3. The van der Waals surface area contributed by atoms with Crippen LogP contribution in [0.4, 0.5) is 0 Å². The van der Waals surface area contributed by atoms with Crippen molar-refractivity contribution in [3.8, 4) is 0 Å². The van der Waals surface area contributed by atoms with Gasteiger partial charge in [0.1, 0.15) is 0 Å². The number of thiocarbonyl (C=S) groups is 1. The molecule has 3 nitrogen and oxygen atoms in total. The van der Waals surface area contributed by atoms with Gasteiger partial charge in [-0.2, -0.15) is 12.8 Å². The van der Waals surface area contributed by atoms with Crippen LogP contribution in [0.25, 0.3) is 0 Å². The molecule has 0 bridgehead atoms. The standard InChI is InChI=1S/C17H25NO2S2/c1-12-8-10-13(11-9-12)22(19,20)18-14(16(2,3)4)15(21)17(5,6)7/h8-11H,1-7H3/b18-14-. The molecule has 1 aromatic carbocycles. The summed E-state index contributed by atoms with van der Waals surface area (Å²) >= 11 is 5.50. The summed E-state index contributed by atoms with van der Waals surface area (Å²) in [5.41, 5.74) is 0.701. The van der Waals surface area contributed by atoms with E-state index in [1.807, 2.05) is 48.5 Å². The van der Waals surface area contributed by atoms with Crippen molar-refractivity contribution in [3.05, 3.63) is 29.8 Å². The topological polar surface area (TPSA) is 46.5 Å². The van der Waals surface area contributed by atoms with Crippen LogP contribution in [0.2, 0.25) is 0 Å². The number of aryl methyl sites for hydroxylation is 1. The average Bonchev–Trinajstić information content (AvgIpc) is 2.33. The van der Waals surface area contributed by atoms with Crippen LogP contribution < -0.4 is 0 Å². The molecule has 0 radical (unpaired) electrons. The third-order valence-corrected chi connectivity index (χ3v) is 5.23. The summed E-state index contributed by atoms with van der Waals surface area (Å²) in [6, 6.07) is 6.69. The first kappa shape index (κ1) is 19.0. The number of hydrogen-bond acceptors (Lipinski definition) is 3. The molecule has 122 valence electrons. The molecule has 0 aliphatic rings. The first-order chi connectivity index (χ1) is 9.75. The number of hydrogen-bond donors (Lipinski definition) is 0. The first-order valence-electron chi connectivity index (χ1n) is 7.22. The molecule has 22 heavy (non-hydrogen) atoms. The van der Waals surface area contributed by atoms with Gasteiger partial charge in [0.05, 0.1) is 10.6 Å². The Kier molecular flexibility index (Phi) is 5.35. The largest absolute Gasteiger partial charge is 0.282 e. The normalized spacial score (nSPS) is 14.0. The Morgan fingerprint density at radius 3 is 1.77 bits per heavy atom. The van der Waals surface area contributed by atoms with Crippen LogP contribution in [-0.2, 0) is 10.0 Å². The molecule has 0 atom stereocenters. The van der Waals surface area contributed by atoms with Crippen molar-refractivity contribution in [2.75, 3.05) is 0 Å². The number of sulfonamides is 1. The van der Waals surface area contributed by atoms with E-state index in [0.717, 1.165) is 5.56 Å². The summed E-state index contributed by atoms with van der Waals surface area (Å²) in [6.07, 6.45) is 0. The van der Waals surface area contributed by atoms with Gasteiger partial charge in [0.2, 0.25) is 0 Å². The van der Waals surface area contributed by atoms with Gasteiger partial charge >= 0.3 is 0 Å². The van der Waals surface area contributed by atoms with Crippen LogP contribution in [0, 0.1) is 17.8 Å². The lowest BCUT2D eigenvalue weighted by atomic mass is 9.79. The molecule has 0 saturated carbocycles. The van der Waals surface area contributed by atoms with Crippen LogP contribution in [0.15, 0.2) is 33.6 Å². The smallest absolute Gasteiger partial charge is 0.199 e. The van der Waals surface area contributed by atoms with Crippen LogP contribution in [-0.4, -0.2) is 19.0 Å². The highest BCUT2D eigenvalue weighted by atomic mass is 32.2. The molecule has 0 N–H and O–H groups in total. The molecule has 0 aliphatic carbocycles. The third-order valence-electron chi connectivity index (χ3n) is 3.14. The Morgan fingerprint density at radius 2 is 1.41 bits per heavy atom. The zero-order valence-corrected chi connectivity index (χ0v) is 16.0. The Labute approximate surface area is 139 Å². The van der Waals surface area contributed by atoms with E-state index < -0.39 is 15.4 Å². The molecule has 0 heterocycles. The summed E-state index contributed by atoms with van der Waals surface area (Å²) in [5.74, 6) is 0. The van der Waals surface area contributed by atoms with E-state index in [1.165, 1.54) is 0 Å². The molecule has 1 rings (SSSR count). The van der Waals surface area contributed by atoms with Gasteiger partial charge in [-0.05, 0) is 24.5 Å². The van der Waals surface area contributed by atoms with E-state index in [2.05, 4.69) is 4.40 Å². The van der Waals surface area contributed by atoms with Crippen molar-refractivity contribution in [2.45, 2.75) is 53.4 Å². The van der Waals surface area contributed by atoms with Crippen LogP contribution in [0.3, 0.4) is 0 Å². The van der Waals surface area contributed by atoms with E-state index in [4.69, 9.17) is 12.2 Å². The number of nitrogens with zero attached hydrogens (tertiary/aromatic N) is 1. The minimum absolute atomic E-state index is 0.191. The predicted molar refractivity (Wildman–Crippen MR) is 97.3 cm³/mol. The fourth-order valence-corrected chi connectivity index (χ4v) is 3.36. The molecule has 0 aromatic heterocycles. The molecule has 0 amide bonds. The zero-order valence-electron chi connectivity index (χ0n) is 14.4. The second-order valence-electron chi connectivity index (χ2n) is 7.56. The van der Waals surface area contributed by atoms with Crippen molar-refractivity contribution < 1.29 is 8.42 Å². The lowest BCUT2D eigenvalue weighted by Crippen LogP contribution is -2.36. The summed E-state index contributed by atoms with van der Waals surface area (Å²) in [6.45, 7) is 13.6. The quantitative estimate of drug-likeness (QED) is 0.598. The first-order valence-corrected chi connectivity index (χ1v) is 9.07. The van der Waals surface area contributed by atoms with Crippen molar-refractivity contribution in [1.82, 2.24) is 0 Å². The molecular weight excluding hydrogens is 314 g/mol. The van der Waals surface area contributed by atoms with Crippen molar-refractivity contribution in [2.24, 2.45) is 15.2 Å². The van der Waals surface area contributed by atoms with Crippen LogP contribution in [0.5, 0.6) is 0 Å². The Bertz CT molecular complexity index is 686. The van der Waals surface area contributed by atoms with Gasteiger partial charge in [-0.15, -0.1) is 0 Å². The van der Waals surface area contributed by atoms with E-state index >= 15 is 0 Å². The fourth-order valence-electron chi connectivity index (χ4n) is 1.76. The van der Waals surface area contributed by atoms with Crippen molar-refractivity contribution in [1.29, 1.82) is 0 Å². The highest BCUT2D eigenvalue weighted by molar-refractivity contribution is 7.90. The second kappa shape index (κ2) is 6.20. The molecule has 5 heteroatoms. The Morgan fingerprint density at radius 1 is 0.955 bits per heavy atom. The minimum Gasteiger partial charge on any atom is -0.199 e. The third kappa shape index (κ3) is 4.71. The number of benzene rings is 1. The lowest BCUT2D eigenvalue weighted by Gasteiger charge is -2.29. The maximum Gasteiger partial charge on any atom is 0.282 e. The Hall–Kier alpha value is -1.07.